The summed E-state index contributed by atoms with van der Waals surface area (Å²) in [5.41, 5.74) is 1.25. The Morgan fingerprint density at radius 1 is 0.926 bits per heavy atom. The summed E-state index contributed by atoms with van der Waals surface area (Å²) in [5.74, 6) is 2.70. The van der Waals surface area contributed by atoms with Gasteiger partial charge in [-0.1, -0.05) is 19.3 Å². The molecule has 1 N–H and O–H groups in total. The van der Waals surface area contributed by atoms with Gasteiger partial charge >= 0.3 is 0 Å². The molecule has 0 amide bonds. The summed E-state index contributed by atoms with van der Waals surface area (Å²) in [6.45, 7) is 3.90. The van der Waals surface area contributed by atoms with Crippen LogP contribution < -0.4 is 19.9 Å². The van der Waals surface area contributed by atoms with Crippen molar-refractivity contribution < 1.29 is 4.74 Å². The molecule has 2 heterocycles. The highest BCUT2D eigenvalue weighted by atomic mass is 16.5. The van der Waals surface area contributed by atoms with Gasteiger partial charge in [0.1, 0.15) is 11.6 Å². The van der Waals surface area contributed by atoms with E-state index in [9.17, 15) is 0 Å². The topological polar surface area (TPSA) is 53.5 Å². The number of aromatic nitrogens is 2. The maximum Gasteiger partial charge on any atom is 0.224 e. The number of ether oxygens (including phenoxy) is 1. The molecule has 27 heavy (non-hydrogen) atoms. The third-order valence-corrected chi connectivity index (χ3v) is 5.62. The predicted octanol–water partition coefficient (Wildman–Crippen LogP) is 3.56. The molecule has 0 radical (unpaired) electrons. The van der Waals surface area contributed by atoms with Crippen LogP contribution in [0.3, 0.4) is 0 Å². The normalized spacial score (nSPS) is 18.4. The molecule has 1 aromatic heterocycles. The van der Waals surface area contributed by atoms with Crippen LogP contribution in [0.15, 0.2) is 36.5 Å². The Morgan fingerprint density at radius 3 is 2.33 bits per heavy atom. The Kier molecular flexibility index (Phi) is 5.61. The first-order valence-corrected chi connectivity index (χ1v) is 10.1. The number of piperazine rings is 1. The first-order chi connectivity index (χ1) is 13.3. The lowest BCUT2D eigenvalue weighted by molar-refractivity contribution is 0.415. The molecule has 2 aliphatic rings. The summed E-state index contributed by atoms with van der Waals surface area (Å²) >= 11 is 0. The first kappa shape index (κ1) is 17.9. The molecule has 0 atom stereocenters. The molecule has 2 aromatic rings. The minimum Gasteiger partial charge on any atom is -0.497 e. The highest BCUT2D eigenvalue weighted by Gasteiger charge is 2.20. The van der Waals surface area contributed by atoms with E-state index >= 15 is 0 Å². The SMILES string of the molecule is COc1ccc(N2CCN(c3ccnc(NC4CCCCC4)n3)CC2)cc1. The van der Waals surface area contributed by atoms with Crippen LogP contribution in [-0.4, -0.2) is 49.3 Å². The molecule has 1 aliphatic heterocycles. The number of nitrogens with zero attached hydrogens (tertiary/aromatic N) is 4. The Morgan fingerprint density at radius 2 is 1.63 bits per heavy atom. The van der Waals surface area contributed by atoms with Crippen molar-refractivity contribution in [3.05, 3.63) is 36.5 Å². The van der Waals surface area contributed by atoms with E-state index in [0.29, 0.717) is 6.04 Å². The molecule has 144 valence electrons. The lowest BCUT2D eigenvalue weighted by Crippen LogP contribution is -2.46. The zero-order chi connectivity index (χ0) is 18.5. The third kappa shape index (κ3) is 4.43. The van der Waals surface area contributed by atoms with Crippen molar-refractivity contribution in [2.24, 2.45) is 0 Å². The summed E-state index contributed by atoms with van der Waals surface area (Å²) in [7, 11) is 1.70. The Hall–Kier alpha value is -2.50. The number of methoxy groups -OCH3 is 1. The van der Waals surface area contributed by atoms with Gasteiger partial charge in [0.25, 0.3) is 0 Å². The number of hydrogen-bond acceptors (Lipinski definition) is 6. The van der Waals surface area contributed by atoms with Crippen LogP contribution in [0.5, 0.6) is 5.75 Å². The molecule has 1 aromatic carbocycles. The van der Waals surface area contributed by atoms with Crippen LogP contribution in [0, 0.1) is 0 Å². The van der Waals surface area contributed by atoms with Crippen molar-refractivity contribution in [2.45, 2.75) is 38.1 Å². The summed E-state index contributed by atoms with van der Waals surface area (Å²) in [6, 6.07) is 10.9. The van der Waals surface area contributed by atoms with Gasteiger partial charge in [-0.3, -0.25) is 0 Å². The van der Waals surface area contributed by atoms with Gasteiger partial charge in [-0.2, -0.15) is 4.98 Å². The average Bonchev–Trinajstić information content (AvgIpc) is 2.75. The zero-order valence-corrected chi connectivity index (χ0v) is 16.1. The fourth-order valence-corrected chi connectivity index (χ4v) is 4.01. The van der Waals surface area contributed by atoms with Crippen molar-refractivity contribution in [1.29, 1.82) is 0 Å². The molecular weight excluding hydrogens is 338 g/mol. The van der Waals surface area contributed by atoms with Gasteiger partial charge in [0.15, 0.2) is 0 Å². The van der Waals surface area contributed by atoms with Gasteiger partial charge in [0.05, 0.1) is 7.11 Å². The quantitative estimate of drug-likeness (QED) is 0.872. The van der Waals surface area contributed by atoms with E-state index in [1.807, 2.05) is 24.4 Å². The fraction of sp³-hybridized carbons (Fsp3) is 0.524. The second kappa shape index (κ2) is 8.46. The Bertz CT molecular complexity index is 722. The van der Waals surface area contributed by atoms with E-state index in [1.54, 1.807) is 7.11 Å². The molecule has 0 unspecified atom stereocenters. The molecule has 6 heteroatoms. The fourth-order valence-electron chi connectivity index (χ4n) is 4.01. The van der Waals surface area contributed by atoms with Crippen molar-refractivity contribution in [2.75, 3.05) is 48.4 Å². The standard InChI is InChI=1S/C21H29N5O/c1-27-19-9-7-18(8-10-19)25-13-15-26(16-14-25)20-11-12-22-21(24-20)23-17-5-3-2-4-6-17/h7-12,17H,2-6,13-16H2,1H3,(H,22,23,24). The lowest BCUT2D eigenvalue weighted by atomic mass is 9.96. The predicted molar refractivity (Wildman–Crippen MR) is 110 cm³/mol. The molecule has 6 nitrogen and oxygen atoms in total. The van der Waals surface area contributed by atoms with E-state index < -0.39 is 0 Å². The largest absolute Gasteiger partial charge is 0.497 e. The Balaban J connectivity index is 1.35. The molecule has 1 saturated carbocycles. The summed E-state index contributed by atoms with van der Waals surface area (Å²) in [5, 5.41) is 3.53. The summed E-state index contributed by atoms with van der Waals surface area (Å²) in [6.07, 6.45) is 8.32. The van der Waals surface area contributed by atoms with Crippen LogP contribution in [0.4, 0.5) is 17.5 Å². The summed E-state index contributed by atoms with van der Waals surface area (Å²) in [4.78, 5) is 14.0. The summed E-state index contributed by atoms with van der Waals surface area (Å²) < 4.78 is 5.25. The van der Waals surface area contributed by atoms with Crippen LogP contribution in [0.2, 0.25) is 0 Å². The first-order valence-electron chi connectivity index (χ1n) is 10.1. The van der Waals surface area contributed by atoms with Gasteiger partial charge in [-0.25, -0.2) is 4.98 Å². The van der Waals surface area contributed by atoms with E-state index in [4.69, 9.17) is 9.72 Å². The van der Waals surface area contributed by atoms with Gasteiger partial charge in [0, 0.05) is 44.1 Å². The van der Waals surface area contributed by atoms with Crippen LogP contribution in [0.25, 0.3) is 0 Å². The lowest BCUT2D eigenvalue weighted by Gasteiger charge is -2.36. The third-order valence-electron chi connectivity index (χ3n) is 5.62. The van der Waals surface area contributed by atoms with E-state index in [2.05, 4.69) is 32.2 Å². The number of anilines is 3. The second-order valence-corrected chi connectivity index (χ2v) is 7.39. The molecule has 0 spiro atoms. The van der Waals surface area contributed by atoms with E-state index in [0.717, 1.165) is 43.7 Å². The van der Waals surface area contributed by atoms with E-state index in [1.165, 1.54) is 37.8 Å². The van der Waals surface area contributed by atoms with Gasteiger partial charge < -0.3 is 19.9 Å². The maximum absolute atomic E-state index is 5.25. The average molecular weight is 367 g/mol. The molecule has 1 aliphatic carbocycles. The van der Waals surface area contributed by atoms with Crippen molar-refractivity contribution in [3.63, 3.8) is 0 Å². The molecule has 2 fully saturated rings. The molecule has 1 saturated heterocycles. The number of benzene rings is 1. The number of rotatable bonds is 5. The molecule has 0 bridgehead atoms. The van der Waals surface area contributed by atoms with Gasteiger partial charge in [-0.15, -0.1) is 0 Å². The minimum absolute atomic E-state index is 0.529. The minimum atomic E-state index is 0.529. The maximum atomic E-state index is 5.25. The highest BCUT2D eigenvalue weighted by Crippen LogP contribution is 2.23. The zero-order valence-electron chi connectivity index (χ0n) is 16.1. The van der Waals surface area contributed by atoms with Crippen LogP contribution in [-0.2, 0) is 0 Å². The van der Waals surface area contributed by atoms with Crippen molar-refractivity contribution >= 4 is 17.5 Å². The molecule has 4 rings (SSSR count). The van der Waals surface area contributed by atoms with Crippen LogP contribution in [0.1, 0.15) is 32.1 Å². The Labute approximate surface area is 161 Å². The van der Waals surface area contributed by atoms with E-state index in [-0.39, 0.29) is 0 Å². The number of hydrogen-bond donors (Lipinski definition) is 1. The van der Waals surface area contributed by atoms with Gasteiger partial charge in [0.2, 0.25) is 5.95 Å². The van der Waals surface area contributed by atoms with Crippen molar-refractivity contribution in [1.82, 2.24) is 9.97 Å². The highest BCUT2D eigenvalue weighted by molar-refractivity contribution is 5.51. The van der Waals surface area contributed by atoms with Crippen LogP contribution >= 0.6 is 0 Å². The monoisotopic (exact) mass is 367 g/mol. The van der Waals surface area contributed by atoms with Gasteiger partial charge in [-0.05, 0) is 43.2 Å². The smallest absolute Gasteiger partial charge is 0.224 e. The second-order valence-electron chi connectivity index (χ2n) is 7.39. The number of nitrogens with one attached hydrogen (secondary N) is 1. The van der Waals surface area contributed by atoms with Crippen molar-refractivity contribution in [3.8, 4) is 5.75 Å². The molecular formula is C21H29N5O.